The molecule has 1 aliphatic rings. The first-order valence-electron chi connectivity index (χ1n) is 9.72. The van der Waals surface area contributed by atoms with E-state index in [1.54, 1.807) is 4.52 Å². The van der Waals surface area contributed by atoms with E-state index in [9.17, 15) is 4.79 Å². The molecule has 2 aromatic heterocycles. The number of carbonyl (C=O) groups excluding carboxylic acids is 1. The molecule has 1 aromatic carbocycles. The number of benzene rings is 1. The molecule has 3 heterocycles. The number of fused-ring (bicyclic) bond motifs is 1. The van der Waals surface area contributed by atoms with E-state index in [1.807, 2.05) is 43.0 Å². The van der Waals surface area contributed by atoms with Crippen molar-refractivity contribution < 1.29 is 9.53 Å². The third kappa shape index (κ3) is 4.04. The molecule has 0 bridgehead atoms. The van der Waals surface area contributed by atoms with Crippen LogP contribution in [0.1, 0.15) is 40.4 Å². The van der Waals surface area contributed by atoms with Gasteiger partial charge in [-0.2, -0.15) is 4.98 Å². The van der Waals surface area contributed by atoms with Crippen LogP contribution in [0, 0.1) is 19.8 Å². The molecule has 1 amide bonds. The number of amides is 1. The van der Waals surface area contributed by atoms with Crippen molar-refractivity contribution in [3.8, 4) is 0 Å². The van der Waals surface area contributed by atoms with Gasteiger partial charge >= 0.3 is 0 Å². The zero-order chi connectivity index (χ0) is 19.5. The van der Waals surface area contributed by atoms with Gasteiger partial charge in [-0.25, -0.2) is 9.50 Å². The molecule has 0 N–H and O–H groups in total. The highest BCUT2D eigenvalue weighted by Gasteiger charge is 2.26. The minimum Gasteiger partial charge on any atom is -0.376 e. The maximum absolute atomic E-state index is 12.8. The van der Waals surface area contributed by atoms with Crippen molar-refractivity contribution in [3.63, 3.8) is 0 Å². The van der Waals surface area contributed by atoms with Gasteiger partial charge in [0.05, 0.1) is 6.61 Å². The summed E-state index contributed by atoms with van der Waals surface area (Å²) in [6, 6.07) is 12.1. The predicted octanol–water partition coefficient (Wildman–Crippen LogP) is 2.81. The van der Waals surface area contributed by atoms with Gasteiger partial charge in [0.15, 0.2) is 0 Å². The largest absolute Gasteiger partial charge is 0.376 e. The van der Waals surface area contributed by atoms with E-state index >= 15 is 0 Å². The van der Waals surface area contributed by atoms with Crippen LogP contribution in [-0.2, 0) is 11.3 Å². The molecule has 0 spiro atoms. The van der Waals surface area contributed by atoms with Crippen molar-refractivity contribution in [3.05, 3.63) is 59.2 Å². The Hall–Kier alpha value is -2.80. The Bertz CT molecular complexity index is 962. The number of piperidine rings is 1. The van der Waals surface area contributed by atoms with Crippen molar-refractivity contribution in [2.45, 2.75) is 33.3 Å². The van der Waals surface area contributed by atoms with Crippen LogP contribution in [0.5, 0.6) is 0 Å². The summed E-state index contributed by atoms with van der Waals surface area (Å²) in [6.45, 7) is 6.63. The molecule has 1 fully saturated rings. The molecule has 1 saturated heterocycles. The molecule has 3 aromatic rings. The fourth-order valence-electron chi connectivity index (χ4n) is 3.62. The Labute approximate surface area is 164 Å². The van der Waals surface area contributed by atoms with Gasteiger partial charge in [-0.1, -0.05) is 30.3 Å². The molecular weight excluding hydrogens is 354 g/mol. The summed E-state index contributed by atoms with van der Waals surface area (Å²) in [7, 11) is 0. The van der Waals surface area contributed by atoms with Crippen molar-refractivity contribution >= 4 is 11.7 Å². The zero-order valence-corrected chi connectivity index (χ0v) is 16.3. The van der Waals surface area contributed by atoms with Crippen LogP contribution in [-0.4, -0.2) is 50.1 Å². The number of likely N-dealkylation sites (tertiary alicyclic amines) is 1. The Balaban J connectivity index is 1.31. The van der Waals surface area contributed by atoms with E-state index in [-0.39, 0.29) is 11.7 Å². The molecule has 0 aliphatic carbocycles. The third-order valence-corrected chi connectivity index (χ3v) is 5.18. The summed E-state index contributed by atoms with van der Waals surface area (Å²) in [4.78, 5) is 23.3. The van der Waals surface area contributed by atoms with Gasteiger partial charge in [0.25, 0.3) is 11.7 Å². The third-order valence-electron chi connectivity index (χ3n) is 5.18. The lowest BCUT2D eigenvalue weighted by atomic mass is 9.98. The monoisotopic (exact) mass is 379 g/mol. The minimum absolute atomic E-state index is 0.119. The van der Waals surface area contributed by atoms with E-state index in [1.165, 1.54) is 5.56 Å². The lowest BCUT2D eigenvalue weighted by Crippen LogP contribution is -2.39. The first-order chi connectivity index (χ1) is 13.6. The normalized spacial score (nSPS) is 15.3. The second-order valence-corrected chi connectivity index (χ2v) is 7.42. The van der Waals surface area contributed by atoms with Crippen LogP contribution in [0.3, 0.4) is 0 Å². The molecule has 4 rings (SSSR count). The number of hydrogen-bond acceptors (Lipinski definition) is 5. The zero-order valence-electron chi connectivity index (χ0n) is 16.3. The van der Waals surface area contributed by atoms with E-state index in [4.69, 9.17) is 4.74 Å². The molecule has 7 heteroatoms. The van der Waals surface area contributed by atoms with Gasteiger partial charge < -0.3 is 9.64 Å². The number of rotatable bonds is 5. The first-order valence-corrected chi connectivity index (χ1v) is 9.72. The Morgan fingerprint density at radius 1 is 1.14 bits per heavy atom. The number of carbonyl (C=O) groups is 1. The lowest BCUT2D eigenvalue weighted by Gasteiger charge is -2.31. The number of aryl methyl sites for hydroxylation is 2. The summed E-state index contributed by atoms with van der Waals surface area (Å²) < 4.78 is 7.49. The second kappa shape index (κ2) is 8.06. The molecule has 28 heavy (non-hydrogen) atoms. The van der Waals surface area contributed by atoms with Gasteiger partial charge in [-0.3, -0.25) is 4.79 Å². The lowest BCUT2D eigenvalue weighted by molar-refractivity contribution is 0.0472. The Morgan fingerprint density at radius 2 is 1.89 bits per heavy atom. The first kappa shape index (κ1) is 18.6. The van der Waals surface area contributed by atoms with Crippen LogP contribution in [0.4, 0.5) is 0 Å². The minimum atomic E-state index is -0.119. The molecular formula is C21H25N5O2. The summed E-state index contributed by atoms with van der Waals surface area (Å²) in [6.07, 6.45) is 1.87. The molecule has 0 saturated carbocycles. The summed E-state index contributed by atoms with van der Waals surface area (Å²) >= 11 is 0. The fraction of sp³-hybridized carbons (Fsp3) is 0.429. The molecule has 0 atom stereocenters. The van der Waals surface area contributed by atoms with Crippen LogP contribution in [0.2, 0.25) is 0 Å². The summed E-state index contributed by atoms with van der Waals surface area (Å²) in [5.74, 6) is 1.06. The van der Waals surface area contributed by atoms with Crippen LogP contribution in [0.25, 0.3) is 5.78 Å². The van der Waals surface area contributed by atoms with Crippen molar-refractivity contribution in [2.24, 2.45) is 5.92 Å². The van der Waals surface area contributed by atoms with Crippen molar-refractivity contribution in [2.75, 3.05) is 19.7 Å². The molecule has 0 unspecified atom stereocenters. The molecule has 7 nitrogen and oxygen atoms in total. The molecule has 146 valence electrons. The van der Waals surface area contributed by atoms with E-state index in [0.29, 0.717) is 31.4 Å². The van der Waals surface area contributed by atoms with E-state index in [2.05, 4.69) is 27.2 Å². The average molecular weight is 379 g/mol. The standard InChI is InChI=1S/C21H25N5O2/c1-15-12-16(2)26-21(22-15)23-19(24-26)20(27)25-10-8-18(9-11-25)14-28-13-17-6-4-3-5-7-17/h3-7,12,18H,8-11,13-14H2,1-2H3. The van der Waals surface area contributed by atoms with E-state index in [0.717, 1.165) is 30.8 Å². The quantitative estimate of drug-likeness (QED) is 0.682. The second-order valence-electron chi connectivity index (χ2n) is 7.42. The number of aromatic nitrogens is 4. The highest BCUT2D eigenvalue weighted by molar-refractivity contribution is 5.90. The molecule has 1 aliphatic heterocycles. The fourth-order valence-corrected chi connectivity index (χ4v) is 3.62. The summed E-state index contributed by atoms with van der Waals surface area (Å²) in [5, 5.41) is 4.36. The van der Waals surface area contributed by atoms with Crippen LogP contribution >= 0.6 is 0 Å². The van der Waals surface area contributed by atoms with Crippen molar-refractivity contribution in [1.29, 1.82) is 0 Å². The van der Waals surface area contributed by atoms with Gasteiger partial charge in [-0.05, 0) is 44.2 Å². The maximum Gasteiger partial charge on any atom is 0.293 e. The van der Waals surface area contributed by atoms with Gasteiger partial charge in [-0.15, -0.1) is 5.10 Å². The highest BCUT2D eigenvalue weighted by Crippen LogP contribution is 2.19. The maximum atomic E-state index is 12.8. The Morgan fingerprint density at radius 3 is 2.64 bits per heavy atom. The predicted molar refractivity (Wildman–Crippen MR) is 105 cm³/mol. The van der Waals surface area contributed by atoms with Crippen molar-refractivity contribution in [1.82, 2.24) is 24.5 Å². The van der Waals surface area contributed by atoms with Gasteiger partial charge in [0.1, 0.15) is 0 Å². The highest BCUT2D eigenvalue weighted by atomic mass is 16.5. The van der Waals surface area contributed by atoms with Gasteiger partial charge in [0, 0.05) is 31.1 Å². The number of hydrogen-bond donors (Lipinski definition) is 0. The Kier molecular flexibility index (Phi) is 5.34. The van der Waals surface area contributed by atoms with Gasteiger partial charge in [0.2, 0.25) is 5.82 Å². The van der Waals surface area contributed by atoms with E-state index < -0.39 is 0 Å². The average Bonchev–Trinajstić information content (AvgIpc) is 3.13. The van der Waals surface area contributed by atoms with Crippen LogP contribution in [0.15, 0.2) is 36.4 Å². The smallest absolute Gasteiger partial charge is 0.293 e. The topological polar surface area (TPSA) is 72.6 Å². The summed E-state index contributed by atoms with van der Waals surface area (Å²) in [5.41, 5.74) is 2.98. The molecule has 0 radical (unpaired) electrons. The SMILES string of the molecule is Cc1cc(C)n2nc(C(=O)N3CCC(COCc4ccccc4)CC3)nc2n1. The van der Waals surface area contributed by atoms with Crippen LogP contribution < -0.4 is 0 Å². The number of ether oxygens (including phenoxy) is 1. The number of nitrogens with zero attached hydrogens (tertiary/aromatic N) is 5.